The fourth-order valence-corrected chi connectivity index (χ4v) is 1.39. The van der Waals surface area contributed by atoms with E-state index in [0.717, 1.165) is 0 Å². The minimum absolute atomic E-state index is 0.0940. The summed E-state index contributed by atoms with van der Waals surface area (Å²) in [7, 11) is 0. The van der Waals surface area contributed by atoms with E-state index >= 15 is 0 Å². The van der Waals surface area contributed by atoms with Gasteiger partial charge in [0.25, 0.3) is 5.91 Å². The molecule has 0 aliphatic carbocycles. The standard InChI is InChI=1S/C11H14ClNO3/c1-2-16-10-7-8(12)3-4-9(10)11(15)13-5-6-14/h3-4,7,14H,2,5-6H2,1H3,(H,13,15). The first kappa shape index (κ1) is 12.8. The highest BCUT2D eigenvalue weighted by Crippen LogP contribution is 2.23. The lowest BCUT2D eigenvalue weighted by atomic mass is 10.2. The van der Waals surface area contributed by atoms with Crippen LogP contribution in [0.5, 0.6) is 5.75 Å². The minimum atomic E-state index is -0.283. The van der Waals surface area contributed by atoms with Gasteiger partial charge in [-0.3, -0.25) is 4.79 Å². The summed E-state index contributed by atoms with van der Waals surface area (Å²) in [6, 6.07) is 4.82. The molecule has 0 unspecified atom stereocenters. The third-order valence-electron chi connectivity index (χ3n) is 1.89. The highest BCUT2D eigenvalue weighted by atomic mass is 35.5. The summed E-state index contributed by atoms with van der Waals surface area (Å²) in [6.45, 7) is 2.41. The number of carbonyl (C=O) groups excluding carboxylic acids is 1. The quantitative estimate of drug-likeness (QED) is 0.823. The van der Waals surface area contributed by atoms with Gasteiger partial charge in [-0.25, -0.2) is 0 Å². The Labute approximate surface area is 99.2 Å². The summed E-state index contributed by atoms with van der Waals surface area (Å²) in [5.41, 5.74) is 0.416. The van der Waals surface area contributed by atoms with Gasteiger partial charge >= 0.3 is 0 Å². The molecule has 0 aromatic heterocycles. The predicted molar refractivity (Wildman–Crippen MR) is 62.0 cm³/mol. The van der Waals surface area contributed by atoms with Crippen molar-refractivity contribution in [3.63, 3.8) is 0 Å². The average molecular weight is 244 g/mol. The monoisotopic (exact) mass is 243 g/mol. The van der Waals surface area contributed by atoms with Crippen molar-refractivity contribution in [3.05, 3.63) is 28.8 Å². The van der Waals surface area contributed by atoms with E-state index in [9.17, 15) is 4.79 Å². The lowest BCUT2D eigenvalue weighted by molar-refractivity contribution is 0.0941. The lowest BCUT2D eigenvalue weighted by Crippen LogP contribution is -2.26. The van der Waals surface area contributed by atoms with Crippen LogP contribution in [-0.4, -0.2) is 30.8 Å². The van der Waals surface area contributed by atoms with Crippen molar-refractivity contribution in [2.24, 2.45) is 0 Å². The molecule has 0 radical (unpaired) electrons. The molecule has 1 aromatic carbocycles. The first-order valence-corrected chi connectivity index (χ1v) is 5.38. The van der Waals surface area contributed by atoms with Crippen molar-refractivity contribution in [2.45, 2.75) is 6.92 Å². The van der Waals surface area contributed by atoms with Gasteiger partial charge in [-0.1, -0.05) is 11.6 Å². The molecular formula is C11H14ClNO3. The maximum absolute atomic E-state index is 11.7. The molecule has 16 heavy (non-hydrogen) atoms. The number of aliphatic hydroxyl groups is 1. The second-order valence-corrected chi connectivity index (χ2v) is 3.49. The van der Waals surface area contributed by atoms with E-state index in [-0.39, 0.29) is 19.1 Å². The zero-order valence-corrected chi connectivity index (χ0v) is 9.75. The number of benzene rings is 1. The van der Waals surface area contributed by atoms with Gasteiger partial charge in [-0.15, -0.1) is 0 Å². The molecule has 2 N–H and O–H groups in total. The molecule has 0 spiro atoms. The molecule has 1 aromatic rings. The Morgan fingerprint density at radius 2 is 2.31 bits per heavy atom. The van der Waals surface area contributed by atoms with E-state index in [1.807, 2.05) is 6.92 Å². The maximum Gasteiger partial charge on any atom is 0.255 e. The highest BCUT2D eigenvalue weighted by Gasteiger charge is 2.12. The Bertz CT molecular complexity index is 368. The Kier molecular flexibility index (Phi) is 5.08. The number of halogens is 1. The summed E-state index contributed by atoms with van der Waals surface area (Å²) >= 11 is 5.81. The summed E-state index contributed by atoms with van der Waals surface area (Å²) < 4.78 is 5.31. The molecule has 1 rings (SSSR count). The number of hydrogen-bond acceptors (Lipinski definition) is 3. The minimum Gasteiger partial charge on any atom is -0.493 e. The second kappa shape index (κ2) is 6.35. The molecule has 4 nitrogen and oxygen atoms in total. The van der Waals surface area contributed by atoms with Crippen LogP contribution in [-0.2, 0) is 0 Å². The Hall–Kier alpha value is -1.26. The lowest BCUT2D eigenvalue weighted by Gasteiger charge is -2.10. The van der Waals surface area contributed by atoms with Crippen LogP contribution in [0.15, 0.2) is 18.2 Å². The Morgan fingerprint density at radius 1 is 1.56 bits per heavy atom. The number of amides is 1. The Morgan fingerprint density at radius 3 is 2.94 bits per heavy atom. The SMILES string of the molecule is CCOc1cc(Cl)ccc1C(=O)NCCO. The van der Waals surface area contributed by atoms with Crippen LogP contribution in [0.1, 0.15) is 17.3 Å². The van der Waals surface area contributed by atoms with Gasteiger partial charge in [0.15, 0.2) is 0 Å². The second-order valence-electron chi connectivity index (χ2n) is 3.05. The van der Waals surface area contributed by atoms with Crippen LogP contribution >= 0.6 is 11.6 Å². The van der Waals surface area contributed by atoms with Crippen LogP contribution in [0, 0.1) is 0 Å². The fraction of sp³-hybridized carbons (Fsp3) is 0.364. The number of carbonyl (C=O) groups is 1. The normalized spacial score (nSPS) is 9.94. The average Bonchev–Trinajstić information content (AvgIpc) is 2.26. The molecule has 0 saturated heterocycles. The Balaban J connectivity index is 2.88. The van der Waals surface area contributed by atoms with Crippen molar-refractivity contribution in [1.82, 2.24) is 5.32 Å². The molecule has 0 fully saturated rings. The molecule has 1 amide bonds. The fourth-order valence-electron chi connectivity index (χ4n) is 1.22. The number of aliphatic hydroxyl groups excluding tert-OH is 1. The summed E-state index contributed by atoms with van der Waals surface area (Å²) in [5, 5.41) is 11.7. The molecular weight excluding hydrogens is 230 g/mol. The first-order chi connectivity index (χ1) is 7.69. The van der Waals surface area contributed by atoms with Crippen molar-refractivity contribution >= 4 is 17.5 Å². The van der Waals surface area contributed by atoms with Crippen molar-refractivity contribution in [1.29, 1.82) is 0 Å². The topological polar surface area (TPSA) is 58.6 Å². The third-order valence-corrected chi connectivity index (χ3v) is 2.12. The van der Waals surface area contributed by atoms with E-state index in [2.05, 4.69) is 5.32 Å². The zero-order valence-electron chi connectivity index (χ0n) is 9.00. The van der Waals surface area contributed by atoms with Gasteiger partial charge in [0, 0.05) is 11.6 Å². The van der Waals surface area contributed by atoms with Gasteiger partial charge in [0.1, 0.15) is 5.75 Å². The van der Waals surface area contributed by atoms with Gasteiger partial charge in [0.05, 0.1) is 18.8 Å². The molecule has 0 aliphatic heterocycles. The molecule has 0 heterocycles. The highest BCUT2D eigenvalue weighted by molar-refractivity contribution is 6.30. The maximum atomic E-state index is 11.7. The van der Waals surface area contributed by atoms with Crippen LogP contribution < -0.4 is 10.1 Å². The summed E-state index contributed by atoms with van der Waals surface area (Å²) in [5.74, 6) is 0.166. The van der Waals surface area contributed by atoms with E-state index in [0.29, 0.717) is 22.9 Å². The number of rotatable bonds is 5. The van der Waals surface area contributed by atoms with Crippen molar-refractivity contribution < 1.29 is 14.6 Å². The summed E-state index contributed by atoms with van der Waals surface area (Å²) in [6.07, 6.45) is 0. The molecule has 88 valence electrons. The van der Waals surface area contributed by atoms with E-state index < -0.39 is 0 Å². The van der Waals surface area contributed by atoms with Gasteiger partial charge in [-0.05, 0) is 25.1 Å². The molecule has 5 heteroatoms. The largest absolute Gasteiger partial charge is 0.493 e. The predicted octanol–water partition coefficient (Wildman–Crippen LogP) is 1.46. The number of ether oxygens (including phenoxy) is 1. The van der Waals surface area contributed by atoms with Crippen molar-refractivity contribution in [3.8, 4) is 5.75 Å². The van der Waals surface area contributed by atoms with E-state index in [4.69, 9.17) is 21.4 Å². The molecule has 0 atom stereocenters. The summed E-state index contributed by atoms with van der Waals surface area (Å²) in [4.78, 5) is 11.7. The third kappa shape index (κ3) is 3.40. The van der Waals surface area contributed by atoms with Crippen molar-refractivity contribution in [2.75, 3.05) is 19.8 Å². The van der Waals surface area contributed by atoms with E-state index in [1.54, 1.807) is 18.2 Å². The molecule has 0 bridgehead atoms. The van der Waals surface area contributed by atoms with Gasteiger partial charge < -0.3 is 15.2 Å². The van der Waals surface area contributed by atoms with Crippen LogP contribution in [0.4, 0.5) is 0 Å². The van der Waals surface area contributed by atoms with Gasteiger partial charge in [0.2, 0.25) is 0 Å². The first-order valence-electron chi connectivity index (χ1n) is 5.00. The molecule has 0 saturated carbocycles. The smallest absolute Gasteiger partial charge is 0.255 e. The molecule has 0 aliphatic rings. The number of hydrogen-bond donors (Lipinski definition) is 2. The number of nitrogens with one attached hydrogen (secondary N) is 1. The van der Waals surface area contributed by atoms with Crippen LogP contribution in [0.25, 0.3) is 0 Å². The zero-order chi connectivity index (χ0) is 12.0. The van der Waals surface area contributed by atoms with E-state index in [1.165, 1.54) is 0 Å². The van der Waals surface area contributed by atoms with Crippen LogP contribution in [0.2, 0.25) is 5.02 Å². The van der Waals surface area contributed by atoms with Gasteiger partial charge in [-0.2, -0.15) is 0 Å². The van der Waals surface area contributed by atoms with Crippen LogP contribution in [0.3, 0.4) is 0 Å².